The first-order valence-corrected chi connectivity index (χ1v) is 14.6. The molecule has 1 aliphatic heterocycles. The van der Waals surface area contributed by atoms with Crippen LogP contribution in [0.15, 0.2) is 152 Å². The van der Waals surface area contributed by atoms with Crippen LogP contribution in [0.3, 0.4) is 0 Å². The lowest BCUT2D eigenvalue weighted by molar-refractivity contribution is 1.17. The Morgan fingerprint density at radius 3 is 1.79 bits per heavy atom. The van der Waals surface area contributed by atoms with Crippen LogP contribution < -0.4 is 0 Å². The third-order valence-electron chi connectivity index (χ3n) is 8.56. The molecule has 3 nitrogen and oxygen atoms in total. The molecule has 0 saturated heterocycles. The molecule has 43 heavy (non-hydrogen) atoms. The van der Waals surface area contributed by atoms with Crippen molar-refractivity contribution in [3.63, 3.8) is 0 Å². The molecule has 9 rings (SSSR count). The van der Waals surface area contributed by atoms with Crippen LogP contribution in [0.25, 0.3) is 83.6 Å². The van der Waals surface area contributed by atoms with E-state index in [0.717, 1.165) is 33.9 Å². The topological polar surface area (TPSA) is 30.7 Å². The maximum absolute atomic E-state index is 5.13. The molecule has 0 bridgehead atoms. The van der Waals surface area contributed by atoms with Crippen LogP contribution in [0.5, 0.6) is 0 Å². The third kappa shape index (κ3) is 3.68. The molecule has 0 atom stereocenters. The van der Waals surface area contributed by atoms with Gasteiger partial charge in [-0.2, -0.15) is 0 Å². The van der Waals surface area contributed by atoms with E-state index >= 15 is 0 Å². The second kappa shape index (κ2) is 9.37. The lowest BCUT2D eigenvalue weighted by atomic mass is 9.92. The SMILES string of the molecule is c1ccc(-c2cc(-c3ccc4c(c3)-c3ccccc3-c3cccc5c6ccccc6n-4c35)nc(-c3ccccc3)n2)cc1. The molecular weight excluding hydrogens is 522 g/mol. The minimum Gasteiger partial charge on any atom is -0.308 e. The molecule has 0 spiro atoms. The predicted molar refractivity (Wildman–Crippen MR) is 177 cm³/mol. The molecule has 1 aliphatic rings. The van der Waals surface area contributed by atoms with Crippen molar-refractivity contribution in [3.8, 4) is 61.8 Å². The van der Waals surface area contributed by atoms with Gasteiger partial charge >= 0.3 is 0 Å². The normalized spacial score (nSPS) is 11.7. The number of hydrogen-bond donors (Lipinski definition) is 0. The molecule has 0 aliphatic carbocycles. The quantitative estimate of drug-likeness (QED) is 0.220. The average Bonchev–Trinajstić information content (AvgIpc) is 3.37. The average molecular weight is 548 g/mol. The van der Waals surface area contributed by atoms with Gasteiger partial charge in [0.15, 0.2) is 5.82 Å². The fourth-order valence-corrected chi connectivity index (χ4v) is 6.61. The summed E-state index contributed by atoms with van der Waals surface area (Å²) in [6, 6.07) is 53.7. The zero-order valence-electron chi connectivity index (χ0n) is 23.3. The summed E-state index contributed by atoms with van der Waals surface area (Å²) in [5.41, 5.74) is 13.5. The van der Waals surface area contributed by atoms with Crippen LogP contribution in [0, 0.1) is 0 Å². The summed E-state index contributed by atoms with van der Waals surface area (Å²) < 4.78 is 2.45. The summed E-state index contributed by atoms with van der Waals surface area (Å²) in [7, 11) is 0. The summed E-state index contributed by atoms with van der Waals surface area (Å²) in [4.78, 5) is 10.1. The second-order valence-electron chi connectivity index (χ2n) is 11.0. The number of hydrogen-bond acceptors (Lipinski definition) is 2. The van der Waals surface area contributed by atoms with E-state index in [1.165, 1.54) is 49.7 Å². The minimum atomic E-state index is 0.720. The molecule has 3 heteroatoms. The molecule has 0 N–H and O–H groups in total. The van der Waals surface area contributed by atoms with Gasteiger partial charge in [-0.15, -0.1) is 0 Å². The minimum absolute atomic E-state index is 0.720. The van der Waals surface area contributed by atoms with Crippen molar-refractivity contribution in [1.29, 1.82) is 0 Å². The first-order chi connectivity index (χ1) is 21.3. The van der Waals surface area contributed by atoms with E-state index in [-0.39, 0.29) is 0 Å². The molecule has 6 aromatic carbocycles. The Balaban J connectivity index is 1.33. The van der Waals surface area contributed by atoms with Crippen LogP contribution in [0.1, 0.15) is 0 Å². The van der Waals surface area contributed by atoms with E-state index in [1.54, 1.807) is 0 Å². The predicted octanol–water partition coefficient (Wildman–Crippen LogP) is 10.2. The first-order valence-electron chi connectivity index (χ1n) is 14.6. The Hall–Kier alpha value is -5.80. The van der Waals surface area contributed by atoms with E-state index in [1.807, 2.05) is 24.3 Å². The molecule has 2 aromatic heterocycles. The molecular formula is C40H25N3. The highest BCUT2D eigenvalue weighted by Crippen LogP contribution is 2.47. The maximum Gasteiger partial charge on any atom is 0.160 e. The van der Waals surface area contributed by atoms with Crippen molar-refractivity contribution in [3.05, 3.63) is 152 Å². The van der Waals surface area contributed by atoms with Gasteiger partial charge in [0.1, 0.15) is 0 Å². The molecule has 8 aromatic rings. The summed E-state index contributed by atoms with van der Waals surface area (Å²) in [5.74, 6) is 0.720. The number of benzene rings is 6. The molecule has 200 valence electrons. The van der Waals surface area contributed by atoms with Gasteiger partial charge in [0.25, 0.3) is 0 Å². The van der Waals surface area contributed by atoms with Crippen LogP contribution >= 0.6 is 0 Å². The van der Waals surface area contributed by atoms with Crippen molar-refractivity contribution < 1.29 is 0 Å². The molecule has 0 fully saturated rings. The zero-order valence-corrected chi connectivity index (χ0v) is 23.3. The monoisotopic (exact) mass is 547 g/mol. The highest BCUT2D eigenvalue weighted by atomic mass is 15.0. The lowest BCUT2D eigenvalue weighted by Gasteiger charge is -2.15. The van der Waals surface area contributed by atoms with Crippen LogP contribution in [-0.2, 0) is 0 Å². The fourth-order valence-electron chi connectivity index (χ4n) is 6.61. The van der Waals surface area contributed by atoms with E-state index in [4.69, 9.17) is 9.97 Å². The zero-order chi connectivity index (χ0) is 28.3. The molecule has 0 saturated carbocycles. The van der Waals surface area contributed by atoms with Crippen molar-refractivity contribution in [2.45, 2.75) is 0 Å². The van der Waals surface area contributed by atoms with E-state index in [9.17, 15) is 0 Å². The van der Waals surface area contributed by atoms with Crippen LogP contribution in [0.2, 0.25) is 0 Å². The Kier molecular flexibility index (Phi) is 5.20. The smallest absolute Gasteiger partial charge is 0.160 e. The van der Waals surface area contributed by atoms with Gasteiger partial charge in [0.05, 0.1) is 28.1 Å². The molecule has 3 heterocycles. The van der Waals surface area contributed by atoms with Crippen LogP contribution in [-0.4, -0.2) is 14.5 Å². The number of para-hydroxylation sites is 2. The van der Waals surface area contributed by atoms with Crippen molar-refractivity contribution in [2.75, 3.05) is 0 Å². The van der Waals surface area contributed by atoms with Crippen molar-refractivity contribution in [1.82, 2.24) is 14.5 Å². The molecule has 0 unspecified atom stereocenters. The summed E-state index contributed by atoms with van der Waals surface area (Å²) in [6.45, 7) is 0. The van der Waals surface area contributed by atoms with Gasteiger partial charge < -0.3 is 4.57 Å². The standard InChI is InChI=1S/C40H25N3/c1-3-12-26(13-4-1)35-25-36(42-40(41-35)27-14-5-2-6-15-27)28-22-23-38-34(24-28)30-17-8-7-16-29(30)32-19-11-20-33-31-18-9-10-21-37(31)43(38)39(32)33/h1-25H. The maximum atomic E-state index is 5.13. The number of fused-ring (bicyclic) bond motifs is 8. The number of nitrogens with zero attached hydrogens (tertiary/aromatic N) is 3. The Labute approximate surface area is 249 Å². The van der Waals surface area contributed by atoms with E-state index in [0.29, 0.717) is 0 Å². The van der Waals surface area contributed by atoms with Crippen molar-refractivity contribution in [2.24, 2.45) is 0 Å². The second-order valence-corrected chi connectivity index (χ2v) is 11.0. The summed E-state index contributed by atoms with van der Waals surface area (Å²) in [6.07, 6.45) is 0. The Bertz CT molecular complexity index is 2280. The van der Waals surface area contributed by atoms with Gasteiger partial charge in [-0.05, 0) is 35.4 Å². The highest BCUT2D eigenvalue weighted by molar-refractivity contribution is 6.16. The number of rotatable bonds is 3. The van der Waals surface area contributed by atoms with Gasteiger partial charge in [-0.3, -0.25) is 0 Å². The third-order valence-corrected chi connectivity index (χ3v) is 8.56. The first kappa shape index (κ1) is 23.9. The van der Waals surface area contributed by atoms with Gasteiger partial charge in [-0.1, -0.05) is 127 Å². The molecule has 0 amide bonds. The summed E-state index contributed by atoms with van der Waals surface area (Å²) >= 11 is 0. The lowest BCUT2D eigenvalue weighted by Crippen LogP contribution is -1.98. The summed E-state index contributed by atoms with van der Waals surface area (Å²) in [5, 5.41) is 2.54. The largest absolute Gasteiger partial charge is 0.308 e. The fraction of sp³-hybridized carbons (Fsp3) is 0. The van der Waals surface area contributed by atoms with Gasteiger partial charge in [0.2, 0.25) is 0 Å². The van der Waals surface area contributed by atoms with Gasteiger partial charge in [0, 0.05) is 38.6 Å². The van der Waals surface area contributed by atoms with Crippen LogP contribution in [0.4, 0.5) is 0 Å². The Morgan fingerprint density at radius 1 is 0.395 bits per heavy atom. The highest BCUT2D eigenvalue weighted by Gasteiger charge is 2.24. The number of aromatic nitrogens is 3. The van der Waals surface area contributed by atoms with E-state index in [2.05, 4.69) is 132 Å². The van der Waals surface area contributed by atoms with Gasteiger partial charge in [-0.25, -0.2) is 9.97 Å². The Morgan fingerprint density at radius 2 is 1.00 bits per heavy atom. The van der Waals surface area contributed by atoms with Crippen molar-refractivity contribution >= 4 is 21.8 Å². The van der Waals surface area contributed by atoms with E-state index < -0.39 is 0 Å². The molecule has 0 radical (unpaired) electrons.